The molecule has 0 aliphatic heterocycles. The van der Waals surface area contributed by atoms with Crippen LogP contribution in [0.2, 0.25) is 0 Å². The number of anilines is 1. The first-order chi connectivity index (χ1) is 10.2. The molecule has 0 amide bonds. The lowest BCUT2D eigenvalue weighted by molar-refractivity contribution is 0.318. The number of amidine groups is 1. The SMILES string of the molecule is COc1ccccc1N(C)Cc1ccc(C(N)=NO)cc1. The molecule has 0 aromatic heterocycles. The van der Waals surface area contributed by atoms with Crippen LogP contribution in [-0.4, -0.2) is 25.2 Å². The molecule has 0 spiro atoms. The van der Waals surface area contributed by atoms with E-state index >= 15 is 0 Å². The molecule has 0 radical (unpaired) electrons. The van der Waals surface area contributed by atoms with Gasteiger partial charge >= 0.3 is 0 Å². The van der Waals surface area contributed by atoms with Gasteiger partial charge in [-0.3, -0.25) is 0 Å². The van der Waals surface area contributed by atoms with Gasteiger partial charge in [0.25, 0.3) is 0 Å². The molecule has 2 aromatic rings. The van der Waals surface area contributed by atoms with E-state index in [4.69, 9.17) is 15.7 Å². The second-order valence-electron chi connectivity index (χ2n) is 4.71. The van der Waals surface area contributed by atoms with Gasteiger partial charge in [0, 0.05) is 19.2 Å². The first-order valence-electron chi connectivity index (χ1n) is 6.56. The first kappa shape index (κ1) is 14.7. The molecule has 0 aliphatic rings. The van der Waals surface area contributed by atoms with Gasteiger partial charge < -0.3 is 20.6 Å². The van der Waals surface area contributed by atoms with Gasteiger partial charge in [0.1, 0.15) is 5.75 Å². The van der Waals surface area contributed by atoms with Crippen molar-refractivity contribution in [3.05, 3.63) is 59.7 Å². The topological polar surface area (TPSA) is 71.1 Å². The molecule has 0 atom stereocenters. The van der Waals surface area contributed by atoms with E-state index in [1.54, 1.807) is 7.11 Å². The second kappa shape index (κ2) is 6.65. The van der Waals surface area contributed by atoms with Crippen LogP contribution >= 0.6 is 0 Å². The van der Waals surface area contributed by atoms with Crippen LogP contribution in [0, 0.1) is 0 Å². The van der Waals surface area contributed by atoms with E-state index in [-0.39, 0.29) is 5.84 Å². The van der Waals surface area contributed by atoms with Crippen LogP contribution in [0.15, 0.2) is 53.7 Å². The van der Waals surface area contributed by atoms with Gasteiger partial charge in [0.15, 0.2) is 5.84 Å². The summed E-state index contributed by atoms with van der Waals surface area (Å²) in [7, 11) is 3.67. The molecule has 0 saturated carbocycles. The Labute approximate surface area is 124 Å². The molecule has 5 nitrogen and oxygen atoms in total. The Morgan fingerprint density at radius 3 is 2.48 bits per heavy atom. The zero-order chi connectivity index (χ0) is 15.2. The molecule has 0 bridgehead atoms. The van der Waals surface area contributed by atoms with Crippen molar-refractivity contribution < 1.29 is 9.94 Å². The second-order valence-corrected chi connectivity index (χ2v) is 4.71. The van der Waals surface area contributed by atoms with Crippen molar-refractivity contribution in [3.8, 4) is 5.75 Å². The maximum absolute atomic E-state index is 8.65. The molecule has 21 heavy (non-hydrogen) atoms. The van der Waals surface area contributed by atoms with Gasteiger partial charge in [-0.25, -0.2) is 0 Å². The van der Waals surface area contributed by atoms with Gasteiger partial charge in [0.05, 0.1) is 12.8 Å². The van der Waals surface area contributed by atoms with E-state index in [1.165, 1.54) is 0 Å². The minimum atomic E-state index is 0.111. The molecule has 5 heteroatoms. The lowest BCUT2D eigenvalue weighted by Crippen LogP contribution is -2.17. The molecule has 0 saturated heterocycles. The summed E-state index contributed by atoms with van der Waals surface area (Å²) in [6, 6.07) is 15.5. The summed E-state index contributed by atoms with van der Waals surface area (Å²) in [5, 5.41) is 11.6. The highest BCUT2D eigenvalue weighted by Gasteiger charge is 2.08. The third-order valence-electron chi connectivity index (χ3n) is 3.27. The predicted molar refractivity (Wildman–Crippen MR) is 84.1 cm³/mol. The van der Waals surface area contributed by atoms with Gasteiger partial charge in [-0.05, 0) is 17.7 Å². The lowest BCUT2D eigenvalue weighted by atomic mass is 10.1. The van der Waals surface area contributed by atoms with Crippen LogP contribution in [-0.2, 0) is 6.54 Å². The monoisotopic (exact) mass is 285 g/mol. The average Bonchev–Trinajstić information content (AvgIpc) is 2.54. The maximum atomic E-state index is 8.65. The van der Waals surface area contributed by atoms with E-state index in [0.717, 1.165) is 23.5 Å². The number of nitrogens with two attached hydrogens (primary N) is 1. The largest absolute Gasteiger partial charge is 0.495 e. The third-order valence-corrected chi connectivity index (χ3v) is 3.27. The number of rotatable bonds is 5. The summed E-state index contributed by atoms with van der Waals surface area (Å²) in [5.41, 5.74) is 8.39. The number of nitrogens with zero attached hydrogens (tertiary/aromatic N) is 2. The average molecular weight is 285 g/mol. The Hall–Kier alpha value is -2.69. The number of ether oxygens (including phenoxy) is 1. The molecule has 0 unspecified atom stereocenters. The number of oxime groups is 1. The molecular weight excluding hydrogens is 266 g/mol. The Kier molecular flexibility index (Phi) is 4.66. The molecule has 0 fully saturated rings. The predicted octanol–water partition coefficient (Wildman–Crippen LogP) is 2.43. The number of para-hydroxylation sites is 2. The maximum Gasteiger partial charge on any atom is 0.170 e. The van der Waals surface area contributed by atoms with Crippen LogP contribution < -0.4 is 15.4 Å². The van der Waals surface area contributed by atoms with E-state index in [9.17, 15) is 0 Å². The third kappa shape index (κ3) is 3.45. The fraction of sp³-hybridized carbons (Fsp3) is 0.188. The first-order valence-corrected chi connectivity index (χ1v) is 6.56. The van der Waals surface area contributed by atoms with Gasteiger partial charge in [-0.1, -0.05) is 41.6 Å². The Bertz CT molecular complexity index is 624. The summed E-state index contributed by atoms with van der Waals surface area (Å²) >= 11 is 0. The highest BCUT2D eigenvalue weighted by Crippen LogP contribution is 2.27. The molecule has 2 aromatic carbocycles. The normalized spacial score (nSPS) is 11.2. The number of methoxy groups -OCH3 is 1. The van der Waals surface area contributed by atoms with Crippen LogP contribution in [0.3, 0.4) is 0 Å². The summed E-state index contributed by atoms with van der Waals surface area (Å²) in [5.74, 6) is 0.952. The minimum absolute atomic E-state index is 0.111. The Morgan fingerprint density at radius 2 is 1.86 bits per heavy atom. The number of hydrogen-bond donors (Lipinski definition) is 2. The van der Waals surface area contributed by atoms with Crippen LogP contribution in [0.1, 0.15) is 11.1 Å². The summed E-state index contributed by atoms with van der Waals surface area (Å²) in [6.07, 6.45) is 0. The van der Waals surface area contributed by atoms with Gasteiger partial charge in [-0.2, -0.15) is 0 Å². The van der Waals surface area contributed by atoms with Crippen molar-refractivity contribution in [2.24, 2.45) is 10.9 Å². The van der Waals surface area contributed by atoms with Crippen molar-refractivity contribution in [2.45, 2.75) is 6.54 Å². The Morgan fingerprint density at radius 1 is 1.19 bits per heavy atom. The summed E-state index contributed by atoms with van der Waals surface area (Å²) < 4.78 is 5.37. The zero-order valence-electron chi connectivity index (χ0n) is 12.2. The summed E-state index contributed by atoms with van der Waals surface area (Å²) in [4.78, 5) is 2.11. The summed E-state index contributed by atoms with van der Waals surface area (Å²) in [6.45, 7) is 0.733. The molecule has 0 aliphatic carbocycles. The Balaban J connectivity index is 2.14. The fourth-order valence-corrected chi connectivity index (χ4v) is 2.14. The van der Waals surface area contributed by atoms with Crippen molar-refractivity contribution in [3.63, 3.8) is 0 Å². The van der Waals surface area contributed by atoms with E-state index < -0.39 is 0 Å². The molecule has 3 N–H and O–H groups in total. The number of hydrogen-bond acceptors (Lipinski definition) is 4. The molecular formula is C16H19N3O2. The van der Waals surface area contributed by atoms with Crippen LogP contribution in [0.5, 0.6) is 5.75 Å². The minimum Gasteiger partial charge on any atom is -0.495 e. The highest BCUT2D eigenvalue weighted by molar-refractivity contribution is 5.96. The van der Waals surface area contributed by atoms with Crippen molar-refractivity contribution in [2.75, 3.05) is 19.1 Å². The molecule has 110 valence electrons. The van der Waals surface area contributed by atoms with E-state index in [1.807, 2.05) is 55.6 Å². The van der Waals surface area contributed by atoms with Crippen LogP contribution in [0.4, 0.5) is 5.69 Å². The van der Waals surface area contributed by atoms with Gasteiger partial charge in [-0.15, -0.1) is 0 Å². The lowest BCUT2D eigenvalue weighted by Gasteiger charge is -2.21. The van der Waals surface area contributed by atoms with Crippen LogP contribution in [0.25, 0.3) is 0 Å². The standard InChI is InChI=1S/C16H19N3O2/c1-19(14-5-3-4-6-15(14)21-2)11-12-7-9-13(10-8-12)16(17)18-20/h3-10,20H,11H2,1-2H3,(H2,17,18). The van der Waals surface area contributed by atoms with Crippen molar-refractivity contribution in [1.82, 2.24) is 0 Å². The quantitative estimate of drug-likeness (QED) is 0.383. The van der Waals surface area contributed by atoms with E-state index in [2.05, 4.69) is 10.1 Å². The smallest absolute Gasteiger partial charge is 0.170 e. The fourth-order valence-electron chi connectivity index (χ4n) is 2.14. The highest BCUT2D eigenvalue weighted by atomic mass is 16.5. The van der Waals surface area contributed by atoms with E-state index in [0.29, 0.717) is 5.56 Å². The zero-order valence-corrected chi connectivity index (χ0v) is 12.2. The molecule has 0 heterocycles. The number of benzene rings is 2. The van der Waals surface area contributed by atoms with Crippen molar-refractivity contribution >= 4 is 11.5 Å². The van der Waals surface area contributed by atoms with Crippen molar-refractivity contribution in [1.29, 1.82) is 0 Å². The molecule has 2 rings (SSSR count). The van der Waals surface area contributed by atoms with Gasteiger partial charge in [0.2, 0.25) is 0 Å².